The van der Waals surface area contributed by atoms with Gasteiger partial charge in [-0.05, 0) is 13.3 Å². The van der Waals surface area contributed by atoms with Gasteiger partial charge in [0.15, 0.2) is 6.29 Å². The van der Waals surface area contributed by atoms with E-state index in [9.17, 15) is 46.3 Å². The summed E-state index contributed by atoms with van der Waals surface area (Å²) in [6, 6.07) is 0. The third-order valence-corrected chi connectivity index (χ3v) is 10.4. The zero-order valence-corrected chi connectivity index (χ0v) is 27.5. The minimum absolute atomic E-state index is 0.0434. The minimum atomic E-state index is -1.73. The monoisotopic (exact) mass is 692 g/mol. The molecule has 15 atom stereocenters. The molecular formula is C30H54N5O13+. The van der Waals surface area contributed by atoms with Crippen LogP contribution in [0.25, 0.3) is 0 Å². The fourth-order valence-corrected chi connectivity index (χ4v) is 7.32. The molecule has 0 aromatic carbocycles. The molecule has 5 heterocycles. The lowest BCUT2D eigenvalue weighted by Gasteiger charge is -2.47. The van der Waals surface area contributed by atoms with E-state index in [0.29, 0.717) is 19.5 Å². The lowest BCUT2D eigenvalue weighted by Crippen LogP contribution is -2.66. The third kappa shape index (κ3) is 7.46. The van der Waals surface area contributed by atoms with Crippen LogP contribution in [0.2, 0.25) is 0 Å². The number of aliphatic hydroxyl groups excluding tert-OH is 8. The second-order valence-electron chi connectivity index (χ2n) is 13.4. The van der Waals surface area contributed by atoms with Gasteiger partial charge in [-0.3, -0.25) is 15.7 Å². The molecule has 4 fully saturated rings. The molecule has 5 rings (SSSR count). The van der Waals surface area contributed by atoms with Gasteiger partial charge in [0.2, 0.25) is 0 Å². The summed E-state index contributed by atoms with van der Waals surface area (Å²) in [6.07, 6.45) is -15.2. The molecule has 11 N–H and O–H groups in total. The van der Waals surface area contributed by atoms with Crippen LogP contribution in [0.3, 0.4) is 0 Å². The van der Waals surface area contributed by atoms with Gasteiger partial charge in [0, 0.05) is 18.4 Å². The molecule has 4 saturated heterocycles. The number of hydrogen-bond acceptors (Lipinski definition) is 15. The first-order valence-electron chi connectivity index (χ1n) is 16.9. The number of hydrogen-bond donors (Lipinski definition) is 10. The number of fused-ring (bicyclic) bond motifs is 5. The van der Waals surface area contributed by atoms with Gasteiger partial charge in [-0.15, -0.1) is 0 Å². The van der Waals surface area contributed by atoms with Crippen LogP contribution in [0.15, 0.2) is 0 Å². The van der Waals surface area contributed by atoms with Crippen molar-refractivity contribution in [1.29, 1.82) is 5.41 Å². The van der Waals surface area contributed by atoms with Crippen LogP contribution in [0.1, 0.15) is 26.7 Å². The summed E-state index contributed by atoms with van der Waals surface area (Å²) >= 11 is 0. The van der Waals surface area contributed by atoms with Crippen LogP contribution >= 0.6 is 0 Å². The van der Waals surface area contributed by atoms with E-state index in [0.717, 1.165) is 6.42 Å². The van der Waals surface area contributed by atoms with E-state index in [-0.39, 0.29) is 51.4 Å². The molecule has 48 heavy (non-hydrogen) atoms. The van der Waals surface area contributed by atoms with Gasteiger partial charge in [-0.25, -0.2) is 0 Å². The predicted octanol–water partition coefficient (Wildman–Crippen LogP) is -5.26. The molecule has 5 aliphatic rings. The van der Waals surface area contributed by atoms with E-state index in [2.05, 4.69) is 0 Å². The largest absolute Gasteiger partial charge is 0.396 e. The predicted molar refractivity (Wildman–Crippen MR) is 165 cm³/mol. The van der Waals surface area contributed by atoms with Crippen molar-refractivity contribution in [3.63, 3.8) is 0 Å². The Hall–Kier alpha value is -1.78. The van der Waals surface area contributed by atoms with Crippen LogP contribution in [-0.2, 0) is 23.7 Å². The topological polar surface area (TPSA) is 267 Å². The molecule has 0 saturated carbocycles. The lowest BCUT2D eigenvalue weighted by molar-refractivity contribution is -0.544. The summed E-state index contributed by atoms with van der Waals surface area (Å²) in [5.74, 6) is -1.70. The average Bonchev–Trinajstić information content (AvgIpc) is 3.07. The number of likely N-dealkylation sites (N-methyl/N-ethyl adjacent to an activating group) is 1. The van der Waals surface area contributed by atoms with E-state index in [1.807, 2.05) is 13.8 Å². The number of nitrogens with two attached hydrogens (primary N) is 1. The van der Waals surface area contributed by atoms with E-state index >= 15 is 0 Å². The average molecular weight is 693 g/mol. The zero-order valence-electron chi connectivity index (χ0n) is 27.5. The summed E-state index contributed by atoms with van der Waals surface area (Å²) in [6.45, 7) is 3.33. The molecular weight excluding hydrogens is 638 g/mol. The van der Waals surface area contributed by atoms with Gasteiger partial charge in [0.05, 0.1) is 70.5 Å². The molecule has 5 bridgehead atoms. The van der Waals surface area contributed by atoms with E-state index in [4.69, 9.17) is 29.4 Å². The maximum absolute atomic E-state index is 11.4. The first-order valence-corrected chi connectivity index (χ1v) is 16.9. The highest BCUT2D eigenvalue weighted by Gasteiger charge is 2.52. The second-order valence-corrected chi connectivity index (χ2v) is 13.4. The smallest absolute Gasteiger partial charge is 0.353 e. The number of nitrogens with zero attached hydrogens (tertiary/aromatic N) is 3. The van der Waals surface area contributed by atoms with Crippen molar-refractivity contribution in [3.8, 4) is 0 Å². The van der Waals surface area contributed by atoms with E-state index in [1.165, 1.54) is 4.90 Å². The summed E-state index contributed by atoms with van der Waals surface area (Å²) in [7, 11) is 0. The SMILES string of the molecule is CCCCN1CC2OC(O)C(O)C(O)C2OCC2OC3CN(C1=N)C(N)=[N+](CC)CC1OC(COCC3C(O)C2O)C(O)C(O)C1CO. The molecule has 0 amide bonds. The second kappa shape index (κ2) is 16.1. The van der Waals surface area contributed by atoms with Crippen molar-refractivity contribution in [2.45, 2.75) is 106 Å². The quantitative estimate of drug-likeness (QED) is 0.121. The number of guanidine groups is 2. The number of aliphatic hydroxyl groups is 8. The van der Waals surface area contributed by atoms with Gasteiger partial charge in [0.25, 0.3) is 5.96 Å². The third-order valence-electron chi connectivity index (χ3n) is 10.4. The van der Waals surface area contributed by atoms with Crippen molar-refractivity contribution in [1.82, 2.24) is 9.80 Å². The van der Waals surface area contributed by atoms with Crippen molar-refractivity contribution in [2.24, 2.45) is 17.6 Å². The number of ether oxygens (including phenoxy) is 5. The molecule has 18 nitrogen and oxygen atoms in total. The van der Waals surface area contributed by atoms with Gasteiger partial charge in [-0.1, -0.05) is 13.3 Å². The Morgan fingerprint density at radius 3 is 2.17 bits per heavy atom. The van der Waals surface area contributed by atoms with Crippen molar-refractivity contribution < 1.29 is 69.1 Å². The van der Waals surface area contributed by atoms with Gasteiger partial charge in [0.1, 0.15) is 55.4 Å². The standard InChI is InChI=1S/C30H53N5O13/c1-3-5-6-34-8-18-27(25(41)26(42)28(43)48-18)45-13-20-24(40)22(38)15-11-44-12-19-23(39)21(37)14(10-36)16(46-19)7-33(4-2)29(31)35(30(34)32)9-17(15)47-20/h14-28,31-32,36-43H,3-13H2,1-2H3/p+1. The normalized spacial score (nSPS) is 45.0. The Bertz CT molecular complexity index is 1120. The van der Waals surface area contributed by atoms with Crippen LogP contribution < -0.4 is 5.73 Å². The van der Waals surface area contributed by atoms with Crippen LogP contribution in [0.4, 0.5) is 0 Å². The molecule has 15 unspecified atom stereocenters. The van der Waals surface area contributed by atoms with Crippen LogP contribution in [0.5, 0.6) is 0 Å². The minimum Gasteiger partial charge on any atom is -0.396 e. The molecule has 0 aliphatic carbocycles. The van der Waals surface area contributed by atoms with Crippen molar-refractivity contribution in [2.75, 3.05) is 59.2 Å². The molecule has 0 radical (unpaired) electrons. The van der Waals surface area contributed by atoms with Gasteiger partial charge in [-0.2, -0.15) is 4.90 Å². The Labute approximate surface area is 279 Å². The fourth-order valence-electron chi connectivity index (χ4n) is 7.32. The molecule has 0 aromatic heterocycles. The molecule has 0 spiro atoms. The first kappa shape index (κ1) is 37.5. The van der Waals surface area contributed by atoms with Gasteiger partial charge >= 0.3 is 5.96 Å². The van der Waals surface area contributed by atoms with E-state index in [1.54, 1.807) is 9.48 Å². The summed E-state index contributed by atoms with van der Waals surface area (Å²) < 4.78 is 31.9. The highest BCUT2D eigenvalue weighted by Crippen LogP contribution is 2.32. The number of nitrogens with one attached hydrogen (secondary N) is 1. The Kier molecular flexibility index (Phi) is 12.5. The van der Waals surface area contributed by atoms with Crippen molar-refractivity contribution >= 4 is 11.9 Å². The maximum atomic E-state index is 11.4. The zero-order chi connectivity index (χ0) is 34.9. The highest BCUT2D eigenvalue weighted by molar-refractivity contribution is 5.94. The molecule has 5 aliphatic heterocycles. The fraction of sp³-hybridized carbons (Fsp3) is 0.933. The maximum Gasteiger partial charge on any atom is 0.353 e. The Balaban J connectivity index is 1.61. The summed E-state index contributed by atoms with van der Waals surface area (Å²) in [4.78, 5) is 3.18. The molecule has 18 heteroatoms. The number of unbranched alkanes of at least 4 members (excludes halogenated alkanes) is 1. The van der Waals surface area contributed by atoms with Crippen molar-refractivity contribution in [3.05, 3.63) is 0 Å². The molecule has 0 aromatic rings. The van der Waals surface area contributed by atoms with Gasteiger partial charge < -0.3 is 69.4 Å². The molecule has 276 valence electrons. The van der Waals surface area contributed by atoms with Crippen LogP contribution in [-0.4, -0.2) is 206 Å². The Morgan fingerprint density at radius 2 is 1.48 bits per heavy atom. The summed E-state index contributed by atoms with van der Waals surface area (Å²) in [5.41, 5.74) is 6.90. The Morgan fingerprint density at radius 1 is 0.792 bits per heavy atom. The summed E-state index contributed by atoms with van der Waals surface area (Å²) in [5, 5.41) is 95.9. The highest BCUT2D eigenvalue weighted by atomic mass is 16.7. The number of rotatable bonds is 5. The lowest BCUT2D eigenvalue weighted by atomic mass is 9.86. The van der Waals surface area contributed by atoms with Crippen LogP contribution in [0, 0.1) is 17.2 Å². The first-order chi connectivity index (χ1) is 22.9. The van der Waals surface area contributed by atoms with E-state index < -0.39 is 98.0 Å².